The van der Waals surface area contributed by atoms with Gasteiger partial charge in [0.1, 0.15) is 5.01 Å². The minimum absolute atomic E-state index is 0.112. The number of aryl methyl sites for hydroxylation is 1. The predicted octanol–water partition coefficient (Wildman–Crippen LogP) is 4.56. The summed E-state index contributed by atoms with van der Waals surface area (Å²) >= 11 is 1.94. The zero-order chi connectivity index (χ0) is 14.0. The second kappa shape index (κ2) is 6.15. The van der Waals surface area contributed by atoms with Crippen molar-refractivity contribution in [3.63, 3.8) is 0 Å². The second-order valence-electron chi connectivity index (χ2n) is 6.86. The number of hydrogen-bond acceptors (Lipinski definition) is 3. The summed E-state index contributed by atoms with van der Waals surface area (Å²) in [5.41, 5.74) is 8.00. The maximum Gasteiger partial charge on any atom is 0.113 e. The molecule has 1 aromatic heterocycles. The van der Waals surface area contributed by atoms with Gasteiger partial charge in [0.05, 0.1) is 11.2 Å². The average molecular weight is 292 g/mol. The lowest BCUT2D eigenvalue weighted by Gasteiger charge is -2.25. The summed E-state index contributed by atoms with van der Waals surface area (Å²) in [5.74, 6) is 0.892. The maximum absolute atomic E-state index is 6.73. The van der Waals surface area contributed by atoms with Crippen LogP contribution in [-0.4, -0.2) is 4.98 Å². The van der Waals surface area contributed by atoms with Crippen LogP contribution in [-0.2, 0) is 18.4 Å². The summed E-state index contributed by atoms with van der Waals surface area (Å²) in [7, 11) is 0. The molecule has 0 bridgehead atoms. The van der Waals surface area contributed by atoms with Gasteiger partial charge in [-0.1, -0.05) is 45.4 Å². The van der Waals surface area contributed by atoms with E-state index in [4.69, 9.17) is 10.7 Å². The smallest absolute Gasteiger partial charge is 0.113 e. The predicted molar refractivity (Wildman–Crippen MR) is 86.1 cm³/mol. The van der Waals surface area contributed by atoms with Crippen LogP contribution in [0.25, 0.3) is 0 Å². The van der Waals surface area contributed by atoms with Gasteiger partial charge >= 0.3 is 0 Å². The molecule has 0 saturated heterocycles. The molecule has 1 fully saturated rings. The molecule has 112 valence electrons. The summed E-state index contributed by atoms with van der Waals surface area (Å²) < 4.78 is 0. The molecule has 20 heavy (non-hydrogen) atoms. The van der Waals surface area contributed by atoms with Crippen molar-refractivity contribution < 1.29 is 0 Å². The van der Waals surface area contributed by atoms with Gasteiger partial charge in [-0.3, -0.25) is 0 Å². The highest BCUT2D eigenvalue weighted by Crippen LogP contribution is 2.40. The van der Waals surface area contributed by atoms with E-state index >= 15 is 0 Å². The first kappa shape index (κ1) is 14.5. The molecule has 2 N–H and O–H groups in total. The molecule has 2 aliphatic rings. The van der Waals surface area contributed by atoms with Crippen molar-refractivity contribution in [3.05, 3.63) is 15.6 Å². The van der Waals surface area contributed by atoms with Gasteiger partial charge in [0.2, 0.25) is 0 Å². The monoisotopic (exact) mass is 292 g/mol. The number of thiazole rings is 1. The highest BCUT2D eigenvalue weighted by Gasteiger charge is 2.33. The van der Waals surface area contributed by atoms with E-state index in [0.29, 0.717) is 0 Å². The Labute approximate surface area is 127 Å². The molecule has 1 unspecified atom stereocenters. The molecule has 0 amide bonds. The minimum atomic E-state index is -0.112. The summed E-state index contributed by atoms with van der Waals surface area (Å²) in [6, 6.07) is 0. The zero-order valence-electron chi connectivity index (χ0n) is 12.8. The fourth-order valence-corrected chi connectivity index (χ4v) is 5.27. The van der Waals surface area contributed by atoms with Crippen molar-refractivity contribution in [1.82, 2.24) is 4.98 Å². The number of hydrogen-bond donors (Lipinski definition) is 1. The van der Waals surface area contributed by atoms with E-state index in [0.717, 1.165) is 18.8 Å². The zero-order valence-corrected chi connectivity index (χ0v) is 13.6. The van der Waals surface area contributed by atoms with Gasteiger partial charge in [0.25, 0.3) is 0 Å². The highest BCUT2D eigenvalue weighted by atomic mass is 32.1. The quantitative estimate of drug-likeness (QED) is 0.830. The van der Waals surface area contributed by atoms with Crippen LogP contribution in [0.2, 0.25) is 0 Å². The van der Waals surface area contributed by atoms with Gasteiger partial charge in [-0.15, -0.1) is 11.3 Å². The van der Waals surface area contributed by atoms with Crippen molar-refractivity contribution in [2.75, 3.05) is 0 Å². The number of aromatic nitrogens is 1. The van der Waals surface area contributed by atoms with Gasteiger partial charge in [0, 0.05) is 4.88 Å². The summed E-state index contributed by atoms with van der Waals surface area (Å²) in [6.07, 6.45) is 14.0. The van der Waals surface area contributed by atoms with Crippen molar-refractivity contribution in [1.29, 1.82) is 0 Å². The van der Waals surface area contributed by atoms with Crippen LogP contribution in [0.1, 0.15) is 80.3 Å². The third-order valence-corrected chi connectivity index (χ3v) is 6.50. The fraction of sp³-hybridized carbons (Fsp3) is 0.824. The molecule has 1 heterocycles. The molecule has 0 aliphatic heterocycles. The number of nitrogens with two attached hydrogens (primary N) is 1. The van der Waals surface area contributed by atoms with Crippen LogP contribution in [0.4, 0.5) is 0 Å². The van der Waals surface area contributed by atoms with Crippen molar-refractivity contribution in [2.45, 2.75) is 83.1 Å². The Morgan fingerprint density at radius 1 is 1.25 bits per heavy atom. The molecule has 2 nitrogen and oxygen atoms in total. The minimum Gasteiger partial charge on any atom is -0.319 e. The van der Waals surface area contributed by atoms with Crippen molar-refractivity contribution in [3.8, 4) is 0 Å². The molecule has 3 heteroatoms. The van der Waals surface area contributed by atoms with E-state index in [1.807, 2.05) is 11.3 Å². The molecule has 1 aromatic rings. The average Bonchev–Trinajstić information content (AvgIpc) is 2.75. The molecular formula is C17H28N2S. The molecule has 0 spiro atoms. The van der Waals surface area contributed by atoms with Crippen LogP contribution < -0.4 is 5.73 Å². The Kier molecular flexibility index (Phi) is 4.46. The van der Waals surface area contributed by atoms with E-state index in [1.54, 1.807) is 4.88 Å². The van der Waals surface area contributed by atoms with Crippen molar-refractivity contribution >= 4 is 11.3 Å². The first-order chi connectivity index (χ1) is 9.71. The number of nitrogens with zero attached hydrogens (tertiary/aromatic N) is 1. The van der Waals surface area contributed by atoms with E-state index in [-0.39, 0.29) is 5.54 Å². The topological polar surface area (TPSA) is 38.9 Å². The SMILES string of the molecule is CCCC1CCc2nc(C3(N)CCCCCC3)sc2C1. The van der Waals surface area contributed by atoms with Crippen LogP contribution in [0.3, 0.4) is 0 Å². The van der Waals surface area contributed by atoms with E-state index in [2.05, 4.69) is 6.92 Å². The first-order valence-electron chi connectivity index (χ1n) is 8.49. The highest BCUT2D eigenvalue weighted by molar-refractivity contribution is 7.11. The fourth-order valence-electron chi connectivity index (χ4n) is 3.88. The van der Waals surface area contributed by atoms with Crippen molar-refractivity contribution in [2.24, 2.45) is 11.7 Å². The van der Waals surface area contributed by atoms with E-state index < -0.39 is 0 Å². The lowest BCUT2D eigenvalue weighted by molar-refractivity contribution is 0.381. The van der Waals surface area contributed by atoms with Gasteiger partial charge in [-0.25, -0.2) is 4.98 Å². The normalized spacial score (nSPS) is 26.0. The van der Waals surface area contributed by atoms with Crippen LogP contribution >= 0.6 is 11.3 Å². The third-order valence-electron chi connectivity index (χ3n) is 5.16. The lowest BCUT2D eigenvalue weighted by Crippen LogP contribution is -2.35. The summed E-state index contributed by atoms with van der Waals surface area (Å²) in [5, 5.41) is 1.25. The second-order valence-corrected chi connectivity index (χ2v) is 7.94. The van der Waals surface area contributed by atoms with E-state index in [9.17, 15) is 0 Å². The largest absolute Gasteiger partial charge is 0.319 e. The Morgan fingerprint density at radius 3 is 2.70 bits per heavy atom. The van der Waals surface area contributed by atoms with Gasteiger partial charge < -0.3 is 5.73 Å². The maximum atomic E-state index is 6.73. The lowest BCUT2D eigenvalue weighted by atomic mass is 9.88. The molecule has 0 aromatic carbocycles. The molecule has 2 aliphatic carbocycles. The molecular weight excluding hydrogens is 264 g/mol. The van der Waals surface area contributed by atoms with E-state index in [1.165, 1.54) is 68.5 Å². The number of fused-ring (bicyclic) bond motifs is 1. The molecule has 0 radical (unpaired) electrons. The van der Waals surface area contributed by atoms with Crippen LogP contribution in [0, 0.1) is 5.92 Å². The van der Waals surface area contributed by atoms with Gasteiger partial charge in [0.15, 0.2) is 0 Å². The Hall–Kier alpha value is -0.410. The standard InChI is InChI=1S/C17H28N2S/c1-2-7-13-8-9-14-15(12-13)20-16(19-14)17(18)10-5-3-4-6-11-17/h13H,2-12,18H2,1H3. The van der Waals surface area contributed by atoms with Crippen LogP contribution in [0.15, 0.2) is 0 Å². The molecule has 3 rings (SSSR count). The molecule has 1 saturated carbocycles. The molecule has 1 atom stereocenters. The Balaban J connectivity index is 1.79. The van der Waals surface area contributed by atoms with Gasteiger partial charge in [-0.2, -0.15) is 0 Å². The summed E-state index contributed by atoms with van der Waals surface area (Å²) in [6.45, 7) is 2.30. The van der Waals surface area contributed by atoms with Gasteiger partial charge in [-0.05, 0) is 38.0 Å². The van der Waals surface area contributed by atoms with Crippen LogP contribution in [0.5, 0.6) is 0 Å². The Morgan fingerprint density at radius 2 is 2.00 bits per heavy atom. The summed E-state index contributed by atoms with van der Waals surface area (Å²) in [4.78, 5) is 6.53. The Bertz CT molecular complexity index is 444. The third kappa shape index (κ3) is 2.94. The number of rotatable bonds is 3. The first-order valence-corrected chi connectivity index (χ1v) is 9.31.